The van der Waals surface area contributed by atoms with Crippen LogP contribution >= 0.6 is 27.5 Å². The van der Waals surface area contributed by atoms with E-state index in [1.165, 1.54) is 12.1 Å². The van der Waals surface area contributed by atoms with E-state index < -0.39 is 0 Å². The van der Waals surface area contributed by atoms with Crippen LogP contribution in [0.5, 0.6) is 0 Å². The van der Waals surface area contributed by atoms with Gasteiger partial charge < -0.3 is 0 Å². The summed E-state index contributed by atoms with van der Waals surface area (Å²) in [7, 11) is 0. The summed E-state index contributed by atoms with van der Waals surface area (Å²) in [5, 5.41) is 0.524. The monoisotopic (exact) mass is 340 g/mol. The maximum atomic E-state index is 13.1. The normalized spacial score (nSPS) is 14.3. The summed E-state index contributed by atoms with van der Waals surface area (Å²) in [6, 6.07) is 4.48. The topological polar surface area (TPSA) is 25.8 Å². The third-order valence-electron chi connectivity index (χ3n) is 3.30. The van der Waals surface area contributed by atoms with Crippen LogP contribution in [0.15, 0.2) is 22.7 Å². The molecule has 0 saturated heterocycles. The Balaban J connectivity index is 2.13. The molecule has 1 aliphatic carbocycles. The van der Waals surface area contributed by atoms with Crippen molar-refractivity contribution in [1.82, 2.24) is 9.97 Å². The van der Waals surface area contributed by atoms with Crippen LogP contribution in [0.4, 0.5) is 4.39 Å². The molecule has 0 bridgehead atoms. The van der Waals surface area contributed by atoms with Crippen LogP contribution in [-0.4, -0.2) is 9.97 Å². The average molecular weight is 342 g/mol. The van der Waals surface area contributed by atoms with Crippen LogP contribution in [0, 0.1) is 5.82 Å². The Morgan fingerprint density at radius 3 is 2.74 bits per heavy atom. The highest BCUT2D eigenvalue weighted by Crippen LogP contribution is 2.31. The first kappa shape index (κ1) is 13.0. The van der Waals surface area contributed by atoms with Gasteiger partial charge in [0.2, 0.25) is 0 Å². The summed E-state index contributed by atoms with van der Waals surface area (Å²) in [6.45, 7) is 0. The molecular formula is C14H11BrClFN2. The predicted octanol–water partition coefficient (Wildman–Crippen LogP) is 4.58. The number of fused-ring (bicyclic) bond motifs is 1. The second-order valence-corrected chi connectivity index (χ2v) is 5.81. The highest BCUT2D eigenvalue weighted by Gasteiger charge is 2.18. The van der Waals surface area contributed by atoms with Crippen molar-refractivity contribution in [3.05, 3.63) is 44.9 Å². The van der Waals surface area contributed by atoms with Crippen LogP contribution < -0.4 is 0 Å². The van der Waals surface area contributed by atoms with E-state index in [9.17, 15) is 4.39 Å². The Hall–Kier alpha value is -1.00. The molecule has 0 spiro atoms. The highest BCUT2D eigenvalue weighted by molar-refractivity contribution is 9.10. The maximum Gasteiger partial charge on any atom is 0.162 e. The van der Waals surface area contributed by atoms with Gasteiger partial charge >= 0.3 is 0 Å². The van der Waals surface area contributed by atoms with Gasteiger partial charge in [0.05, 0.1) is 0 Å². The second kappa shape index (κ2) is 5.17. The van der Waals surface area contributed by atoms with E-state index in [1.54, 1.807) is 6.07 Å². The van der Waals surface area contributed by atoms with Crippen LogP contribution in [0.3, 0.4) is 0 Å². The van der Waals surface area contributed by atoms with Gasteiger partial charge in [0.15, 0.2) is 5.82 Å². The minimum atomic E-state index is -0.292. The van der Waals surface area contributed by atoms with Gasteiger partial charge in [-0.25, -0.2) is 14.4 Å². The Morgan fingerprint density at radius 2 is 1.95 bits per heavy atom. The maximum absolute atomic E-state index is 13.1. The fraction of sp³-hybridized carbons (Fsp3) is 0.286. The molecule has 0 fully saturated rings. The number of halogens is 3. The van der Waals surface area contributed by atoms with Gasteiger partial charge in [-0.2, -0.15) is 0 Å². The van der Waals surface area contributed by atoms with Crippen molar-refractivity contribution in [1.29, 1.82) is 0 Å². The summed E-state index contributed by atoms with van der Waals surface area (Å²) < 4.78 is 13.8. The van der Waals surface area contributed by atoms with E-state index in [0.717, 1.165) is 42.5 Å². The molecule has 0 radical (unpaired) electrons. The second-order valence-electron chi connectivity index (χ2n) is 4.59. The molecule has 0 atom stereocenters. The van der Waals surface area contributed by atoms with Crippen molar-refractivity contribution in [2.75, 3.05) is 0 Å². The van der Waals surface area contributed by atoms with Gasteiger partial charge in [-0.05, 0) is 59.8 Å². The van der Waals surface area contributed by atoms with Gasteiger partial charge in [-0.15, -0.1) is 0 Å². The zero-order valence-electron chi connectivity index (χ0n) is 10.1. The van der Waals surface area contributed by atoms with E-state index in [1.807, 2.05) is 0 Å². The number of hydrogen-bond acceptors (Lipinski definition) is 2. The lowest BCUT2D eigenvalue weighted by molar-refractivity contribution is 0.627. The molecule has 1 aromatic carbocycles. The van der Waals surface area contributed by atoms with Gasteiger partial charge in [-0.3, -0.25) is 0 Å². The van der Waals surface area contributed by atoms with Gasteiger partial charge in [-0.1, -0.05) is 11.6 Å². The van der Waals surface area contributed by atoms with Crippen LogP contribution in [0.1, 0.15) is 24.1 Å². The number of rotatable bonds is 1. The van der Waals surface area contributed by atoms with E-state index >= 15 is 0 Å². The van der Waals surface area contributed by atoms with Crippen LogP contribution in [0.2, 0.25) is 5.15 Å². The van der Waals surface area contributed by atoms with Crippen molar-refractivity contribution in [3.8, 4) is 11.4 Å². The Kier molecular flexibility index (Phi) is 3.54. The van der Waals surface area contributed by atoms with Crippen LogP contribution in [-0.2, 0) is 12.8 Å². The lowest BCUT2D eigenvalue weighted by atomic mass is 9.97. The quantitative estimate of drug-likeness (QED) is 0.710. The largest absolute Gasteiger partial charge is 0.233 e. The summed E-state index contributed by atoms with van der Waals surface area (Å²) in [5.41, 5.74) is 2.85. The number of aromatic nitrogens is 2. The minimum absolute atomic E-state index is 0.292. The smallest absolute Gasteiger partial charge is 0.162 e. The number of benzene rings is 1. The molecule has 0 N–H and O–H groups in total. The summed E-state index contributed by atoms with van der Waals surface area (Å²) in [6.07, 6.45) is 4.14. The Labute approximate surface area is 124 Å². The van der Waals surface area contributed by atoms with Crippen molar-refractivity contribution in [3.63, 3.8) is 0 Å². The van der Waals surface area contributed by atoms with Crippen molar-refractivity contribution in [2.24, 2.45) is 0 Å². The van der Waals surface area contributed by atoms with E-state index in [0.29, 0.717) is 15.5 Å². The average Bonchev–Trinajstić information content (AvgIpc) is 2.38. The molecule has 98 valence electrons. The van der Waals surface area contributed by atoms with Crippen molar-refractivity contribution in [2.45, 2.75) is 25.7 Å². The first-order valence-electron chi connectivity index (χ1n) is 6.16. The van der Waals surface area contributed by atoms with Crippen LogP contribution in [0.25, 0.3) is 11.4 Å². The van der Waals surface area contributed by atoms with Crippen molar-refractivity contribution >= 4 is 27.5 Å². The lowest BCUT2D eigenvalue weighted by Gasteiger charge is -2.16. The van der Waals surface area contributed by atoms with E-state index in [-0.39, 0.29) is 5.82 Å². The minimum Gasteiger partial charge on any atom is -0.233 e. The summed E-state index contributed by atoms with van der Waals surface area (Å²) in [5.74, 6) is 0.261. The van der Waals surface area contributed by atoms with Gasteiger partial charge in [0.25, 0.3) is 0 Å². The fourth-order valence-corrected chi connectivity index (χ4v) is 3.15. The van der Waals surface area contributed by atoms with E-state index in [4.69, 9.17) is 11.6 Å². The molecular weight excluding hydrogens is 331 g/mol. The standard InChI is InChI=1S/C14H11BrClFN2/c15-11-7-8(17)5-6-9(11)14-18-12-4-2-1-3-10(12)13(16)19-14/h5-7H,1-4H2. The Bertz CT molecular complexity index is 646. The molecule has 0 saturated carbocycles. The molecule has 1 aliphatic rings. The number of hydrogen-bond donors (Lipinski definition) is 0. The molecule has 0 aliphatic heterocycles. The highest BCUT2D eigenvalue weighted by atomic mass is 79.9. The summed E-state index contributed by atoms with van der Waals surface area (Å²) >= 11 is 9.58. The zero-order chi connectivity index (χ0) is 13.4. The fourth-order valence-electron chi connectivity index (χ4n) is 2.34. The molecule has 1 aromatic heterocycles. The van der Waals surface area contributed by atoms with Gasteiger partial charge in [0.1, 0.15) is 11.0 Å². The third-order valence-corrected chi connectivity index (χ3v) is 4.27. The van der Waals surface area contributed by atoms with Crippen molar-refractivity contribution < 1.29 is 4.39 Å². The first-order valence-corrected chi connectivity index (χ1v) is 7.33. The number of nitrogens with zero attached hydrogens (tertiary/aromatic N) is 2. The zero-order valence-corrected chi connectivity index (χ0v) is 12.4. The molecule has 3 rings (SSSR count). The predicted molar refractivity (Wildman–Crippen MR) is 76.8 cm³/mol. The number of aryl methyl sites for hydroxylation is 1. The molecule has 5 heteroatoms. The lowest BCUT2D eigenvalue weighted by Crippen LogP contribution is -2.09. The molecule has 1 heterocycles. The molecule has 0 unspecified atom stereocenters. The SMILES string of the molecule is Fc1ccc(-c2nc(Cl)c3c(n2)CCCC3)c(Br)c1. The first-order chi connectivity index (χ1) is 9.15. The molecule has 19 heavy (non-hydrogen) atoms. The molecule has 0 amide bonds. The Morgan fingerprint density at radius 1 is 1.16 bits per heavy atom. The molecule has 2 aromatic rings. The molecule has 2 nitrogen and oxygen atoms in total. The van der Waals surface area contributed by atoms with E-state index in [2.05, 4.69) is 25.9 Å². The summed E-state index contributed by atoms with van der Waals surface area (Å²) in [4.78, 5) is 8.94. The van der Waals surface area contributed by atoms with Gasteiger partial charge in [0, 0.05) is 21.3 Å². The third kappa shape index (κ3) is 2.51.